The first-order valence-corrected chi connectivity index (χ1v) is 12.3. The first-order chi connectivity index (χ1) is 17.4. The third-order valence-electron chi connectivity index (χ3n) is 7.95. The third kappa shape index (κ3) is 4.22. The lowest BCUT2D eigenvalue weighted by Gasteiger charge is -2.45. The molecule has 2 aliphatic rings. The molecule has 0 aliphatic carbocycles. The number of aryl methyl sites for hydroxylation is 1. The second-order valence-electron chi connectivity index (χ2n) is 10.4. The van der Waals surface area contributed by atoms with E-state index in [4.69, 9.17) is 4.74 Å². The summed E-state index contributed by atoms with van der Waals surface area (Å²) in [7, 11) is 0. The summed E-state index contributed by atoms with van der Waals surface area (Å²) in [5.41, 5.74) is 1.40. The van der Waals surface area contributed by atoms with Gasteiger partial charge in [-0.25, -0.2) is 4.98 Å². The van der Waals surface area contributed by atoms with Crippen LogP contribution in [0.25, 0.3) is 5.69 Å². The molecular weight excluding hydrogens is 485 g/mol. The number of benzene rings is 1. The SMILES string of the molecule is Cc1cn(-c2ccc3n(c2=O)CCN(CC2(C)c4cc(C(C)C(F)(F)F)ccc4OCC2C)C3=O)cn1. The van der Waals surface area contributed by atoms with Crippen molar-refractivity contribution in [3.63, 3.8) is 0 Å². The fraction of sp³-hybridized carbons (Fsp3) is 0.444. The Labute approximate surface area is 212 Å². The molecule has 4 heterocycles. The van der Waals surface area contributed by atoms with Crippen LogP contribution >= 0.6 is 0 Å². The highest BCUT2D eigenvalue weighted by Gasteiger charge is 2.44. The molecule has 3 atom stereocenters. The highest BCUT2D eigenvalue weighted by atomic mass is 19.4. The third-order valence-corrected chi connectivity index (χ3v) is 7.95. The standard InChI is InChI=1S/C27H29F3N4O3/c1-16-13-37-23-8-5-19(18(3)27(28,29)30)11-20(23)26(16,4)14-32-9-10-34-22(24(32)35)7-6-21(25(34)36)33-12-17(2)31-15-33/h5-8,11-12,15-16,18H,9-10,13-14H2,1-4H3. The van der Waals surface area contributed by atoms with Crippen LogP contribution in [0.5, 0.6) is 5.75 Å². The van der Waals surface area contributed by atoms with Gasteiger partial charge in [0.2, 0.25) is 0 Å². The number of rotatable bonds is 4. The van der Waals surface area contributed by atoms with Crippen molar-refractivity contribution in [2.45, 2.75) is 51.7 Å². The molecule has 0 spiro atoms. The summed E-state index contributed by atoms with van der Waals surface area (Å²) in [6.45, 7) is 8.25. The number of hydrogen-bond acceptors (Lipinski definition) is 4. The van der Waals surface area contributed by atoms with E-state index < -0.39 is 17.5 Å². The lowest BCUT2D eigenvalue weighted by atomic mass is 9.70. The highest BCUT2D eigenvalue weighted by molar-refractivity contribution is 5.93. The average molecular weight is 515 g/mol. The number of halogens is 3. The van der Waals surface area contributed by atoms with E-state index in [2.05, 4.69) is 4.98 Å². The molecule has 0 saturated carbocycles. The van der Waals surface area contributed by atoms with Gasteiger partial charge in [0, 0.05) is 42.7 Å². The van der Waals surface area contributed by atoms with Crippen LogP contribution in [0.1, 0.15) is 54.0 Å². The van der Waals surface area contributed by atoms with Gasteiger partial charge < -0.3 is 18.8 Å². The maximum atomic E-state index is 13.5. The van der Waals surface area contributed by atoms with E-state index in [1.165, 1.54) is 10.6 Å². The minimum absolute atomic E-state index is 0.0554. The Kier molecular flexibility index (Phi) is 5.96. The van der Waals surface area contributed by atoms with Crippen molar-refractivity contribution in [1.29, 1.82) is 0 Å². The van der Waals surface area contributed by atoms with Crippen molar-refractivity contribution in [3.8, 4) is 11.4 Å². The van der Waals surface area contributed by atoms with Gasteiger partial charge in [0.05, 0.1) is 24.5 Å². The predicted molar refractivity (Wildman–Crippen MR) is 131 cm³/mol. The Morgan fingerprint density at radius 1 is 1.19 bits per heavy atom. The van der Waals surface area contributed by atoms with Gasteiger partial charge in [0.1, 0.15) is 17.1 Å². The Bertz CT molecular complexity index is 1430. The maximum absolute atomic E-state index is 13.5. The van der Waals surface area contributed by atoms with E-state index in [9.17, 15) is 22.8 Å². The minimum Gasteiger partial charge on any atom is -0.493 e. The number of ether oxygens (including phenoxy) is 1. The molecular formula is C27H29F3N4O3. The van der Waals surface area contributed by atoms with E-state index >= 15 is 0 Å². The molecule has 0 saturated heterocycles. The number of fused-ring (bicyclic) bond motifs is 2. The van der Waals surface area contributed by atoms with Gasteiger partial charge in [-0.1, -0.05) is 26.0 Å². The molecule has 0 N–H and O–H groups in total. The Morgan fingerprint density at radius 3 is 2.62 bits per heavy atom. The molecule has 7 nitrogen and oxygen atoms in total. The molecule has 5 rings (SSSR count). The van der Waals surface area contributed by atoms with E-state index in [0.29, 0.717) is 48.9 Å². The molecule has 3 unspecified atom stereocenters. The molecule has 1 amide bonds. The molecule has 3 aromatic rings. The van der Waals surface area contributed by atoms with Crippen LogP contribution in [-0.2, 0) is 12.0 Å². The minimum atomic E-state index is -4.36. The van der Waals surface area contributed by atoms with Crippen LogP contribution in [0, 0.1) is 12.8 Å². The quantitative estimate of drug-likeness (QED) is 0.516. The molecule has 2 aliphatic heterocycles. The van der Waals surface area contributed by atoms with Crippen molar-refractivity contribution < 1.29 is 22.7 Å². The van der Waals surface area contributed by atoms with Gasteiger partial charge in [-0.3, -0.25) is 9.59 Å². The molecule has 0 bridgehead atoms. The maximum Gasteiger partial charge on any atom is 0.395 e. The van der Waals surface area contributed by atoms with Crippen LogP contribution in [0.4, 0.5) is 13.2 Å². The molecule has 10 heteroatoms. The fourth-order valence-electron chi connectivity index (χ4n) is 5.24. The van der Waals surface area contributed by atoms with Crippen LogP contribution in [0.3, 0.4) is 0 Å². The van der Waals surface area contributed by atoms with Gasteiger partial charge in [0.25, 0.3) is 11.5 Å². The van der Waals surface area contributed by atoms with Gasteiger partial charge in [-0.15, -0.1) is 0 Å². The first kappa shape index (κ1) is 25.1. The molecule has 37 heavy (non-hydrogen) atoms. The molecule has 196 valence electrons. The zero-order valence-corrected chi connectivity index (χ0v) is 21.2. The monoisotopic (exact) mass is 514 g/mol. The fourth-order valence-corrected chi connectivity index (χ4v) is 5.24. The largest absolute Gasteiger partial charge is 0.493 e. The van der Waals surface area contributed by atoms with Crippen LogP contribution in [0.15, 0.2) is 47.7 Å². The Balaban J connectivity index is 1.47. The van der Waals surface area contributed by atoms with Crippen molar-refractivity contribution in [2.24, 2.45) is 5.92 Å². The van der Waals surface area contributed by atoms with Crippen molar-refractivity contribution in [3.05, 3.63) is 75.7 Å². The van der Waals surface area contributed by atoms with Gasteiger partial charge in [-0.05, 0) is 37.6 Å². The normalized spacial score (nSPS) is 22.3. The zero-order valence-electron chi connectivity index (χ0n) is 21.2. The summed E-state index contributed by atoms with van der Waals surface area (Å²) >= 11 is 0. The van der Waals surface area contributed by atoms with E-state index in [1.54, 1.807) is 46.3 Å². The molecule has 2 aromatic heterocycles. The van der Waals surface area contributed by atoms with Crippen LogP contribution in [-0.4, -0.2) is 50.8 Å². The number of imidazole rings is 1. The van der Waals surface area contributed by atoms with Crippen LogP contribution < -0.4 is 10.3 Å². The summed E-state index contributed by atoms with van der Waals surface area (Å²) in [4.78, 5) is 32.6. The van der Waals surface area contributed by atoms with E-state index in [-0.39, 0.29) is 22.9 Å². The number of nitrogens with zero attached hydrogens (tertiary/aromatic N) is 4. The Hall–Kier alpha value is -3.56. The summed E-state index contributed by atoms with van der Waals surface area (Å²) in [5.74, 6) is -1.42. The summed E-state index contributed by atoms with van der Waals surface area (Å²) < 4.78 is 49.3. The second kappa shape index (κ2) is 8.78. The van der Waals surface area contributed by atoms with E-state index in [0.717, 1.165) is 12.6 Å². The number of alkyl halides is 3. The Morgan fingerprint density at radius 2 is 1.95 bits per heavy atom. The van der Waals surface area contributed by atoms with Crippen molar-refractivity contribution >= 4 is 5.91 Å². The number of hydrogen-bond donors (Lipinski definition) is 0. The number of carbonyl (C=O) groups excluding carboxylic acids is 1. The topological polar surface area (TPSA) is 69.4 Å². The lowest BCUT2D eigenvalue weighted by molar-refractivity contribution is -0.146. The van der Waals surface area contributed by atoms with Crippen molar-refractivity contribution in [1.82, 2.24) is 19.0 Å². The number of aromatic nitrogens is 3. The molecule has 0 fully saturated rings. The molecule has 0 radical (unpaired) electrons. The summed E-state index contributed by atoms with van der Waals surface area (Å²) in [6.07, 6.45) is -1.05. The summed E-state index contributed by atoms with van der Waals surface area (Å²) in [6, 6.07) is 7.91. The number of pyridine rings is 1. The number of carbonyl (C=O) groups is 1. The smallest absolute Gasteiger partial charge is 0.395 e. The molecule has 1 aromatic carbocycles. The van der Waals surface area contributed by atoms with Crippen molar-refractivity contribution in [2.75, 3.05) is 19.7 Å². The second-order valence-corrected chi connectivity index (χ2v) is 10.4. The van der Waals surface area contributed by atoms with Gasteiger partial charge in [-0.2, -0.15) is 13.2 Å². The summed E-state index contributed by atoms with van der Waals surface area (Å²) in [5, 5.41) is 0. The average Bonchev–Trinajstić information content (AvgIpc) is 3.28. The van der Waals surface area contributed by atoms with Crippen LogP contribution in [0.2, 0.25) is 0 Å². The first-order valence-electron chi connectivity index (χ1n) is 12.3. The zero-order chi connectivity index (χ0) is 26.7. The highest BCUT2D eigenvalue weighted by Crippen LogP contribution is 2.45. The predicted octanol–water partition coefficient (Wildman–Crippen LogP) is 4.45. The lowest BCUT2D eigenvalue weighted by Crippen LogP contribution is -2.53. The van der Waals surface area contributed by atoms with E-state index in [1.807, 2.05) is 20.8 Å². The van der Waals surface area contributed by atoms with Gasteiger partial charge >= 0.3 is 6.18 Å². The van der Waals surface area contributed by atoms with Gasteiger partial charge in [0.15, 0.2) is 0 Å². The number of amides is 1.